The van der Waals surface area contributed by atoms with E-state index in [1.54, 1.807) is 13.1 Å². The molecule has 0 unspecified atom stereocenters. The van der Waals surface area contributed by atoms with Crippen molar-refractivity contribution in [3.05, 3.63) is 46.6 Å². The van der Waals surface area contributed by atoms with Crippen LogP contribution in [0, 0.1) is 0 Å². The van der Waals surface area contributed by atoms with Crippen LogP contribution >= 0.6 is 11.8 Å². The molecule has 7 heteroatoms. The minimum atomic E-state index is -0.302. The quantitative estimate of drug-likeness (QED) is 0.585. The van der Waals surface area contributed by atoms with Gasteiger partial charge in [-0.25, -0.2) is 9.89 Å². The van der Waals surface area contributed by atoms with E-state index in [0.717, 1.165) is 5.39 Å². The van der Waals surface area contributed by atoms with E-state index < -0.39 is 0 Å². The summed E-state index contributed by atoms with van der Waals surface area (Å²) < 4.78 is 6.85. The molecule has 0 fully saturated rings. The Labute approximate surface area is 117 Å². The molecular formula is C13H11N3O3S. The van der Waals surface area contributed by atoms with Crippen molar-refractivity contribution in [2.75, 3.05) is 5.75 Å². The summed E-state index contributed by atoms with van der Waals surface area (Å²) in [5, 5.41) is 7.52. The van der Waals surface area contributed by atoms with Crippen molar-refractivity contribution < 1.29 is 9.21 Å². The highest BCUT2D eigenvalue weighted by Gasteiger charge is 2.14. The zero-order chi connectivity index (χ0) is 14.1. The first-order valence-corrected chi connectivity index (χ1v) is 6.89. The Bertz CT molecular complexity index is 798. The lowest BCUT2D eigenvalue weighted by molar-refractivity contribution is 0.0994. The number of nitrogens with zero attached hydrogens (tertiary/aromatic N) is 2. The minimum Gasteiger partial charge on any atom is -0.453 e. The molecule has 0 aliphatic heterocycles. The Kier molecular flexibility index (Phi) is 3.19. The van der Waals surface area contributed by atoms with E-state index in [0.29, 0.717) is 16.5 Å². The lowest BCUT2D eigenvalue weighted by atomic mass is 10.2. The van der Waals surface area contributed by atoms with Gasteiger partial charge in [-0.1, -0.05) is 30.0 Å². The van der Waals surface area contributed by atoms with Gasteiger partial charge < -0.3 is 4.42 Å². The van der Waals surface area contributed by atoms with Crippen LogP contribution in [0.3, 0.4) is 0 Å². The maximum absolute atomic E-state index is 12.1. The van der Waals surface area contributed by atoms with Crippen LogP contribution in [0.25, 0.3) is 11.0 Å². The van der Waals surface area contributed by atoms with Crippen molar-refractivity contribution in [1.82, 2.24) is 14.8 Å². The van der Waals surface area contributed by atoms with Gasteiger partial charge in [0, 0.05) is 12.4 Å². The highest BCUT2D eigenvalue weighted by molar-refractivity contribution is 7.99. The van der Waals surface area contributed by atoms with Crippen LogP contribution in [0.15, 0.2) is 44.7 Å². The Morgan fingerprint density at radius 2 is 2.25 bits per heavy atom. The van der Waals surface area contributed by atoms with E-state index in [2.05, 4.69) is 10.2 Å². The fourth-order valence-corrected chi connectivity index (χ4v) is 2.57. The smallest absolute Gasteiger partial charge is 0.343 e. The number of thioether (sulfide) groups is 1. The molecule has 3 aromatic rings. The Hall–Kier alpha value is -2.28. The molecule has 0 bridgehead atoms. The van der Waals surface area contributed by atoms with Crippen LogP contribution in [0.2, 0.25) is 0 Å². The van der Waals surface area contributed by atoms with Gasteiger partial charge in [0.05, 0.1) is 5.75 Å². The summed E-state index contributed by atoms with van der Waals surface area (Å²) in [5.74, 6) is 0.346. The highest BCUT2D eigenvalue weighted by Crippen LogP contribution is 2.21. The lowest BCUT2D eigenvalue weighted by Gasteiger charge is -1.97. The number of ketones is 1. The van der Waals surface area contributed by atoms with E-state index in [9.17, 15) is 9.59 Å². The van der Waals surface area contributed by atoms with Gasteiger partial charge in [-0.2, -0.15) is 0 Å². The highest BCUT2D eigenvalue weighted by atomic mass is 32.2. The van der Waals surface area contributed by atoms with Crippen molar-refractivity contribution >= 4 is 28.5 Å². The number of aromatic nitrogens is 3. The first-order valence-electron chi connectivity index (χ1n) is 5.91. The third-order valence-corrected chi connectivity index (χ3v) is 3.90. The maximum Gasteiger partial charge on any atom is 0.343 e. The molecule has 0 aliphatic rings. The van der Waals surface area contributed by atoms with Crippen molar-refractivity contribution in [2.45, 2.75) is 5.16 Å². The zero-order valence-corrected chi connectivity index (χ0v) is 11.4. The van der Waals surface area contributed by atoms with Crippen molar-refractivity contribution in [3.63, 3.8) is 0 Å². The minimum absolute atomic E-state index is 0.137. The first kappa shape index (κ1) is 12.7. The predicted octanol–water partition coefficient (Wildman–Crippen LogP) is 1.83. The normalized spacial score (nSPS) is 11.1. The third kappa shape index (κ3) is 2.27. The number of nitrogens with one attached hydrogen (secondary N) is 1. The summed E-state index contributed by atoms with van der Waals surface area (Å²) >= 11 is 1.19. The molecule has 0 atom stereocenters. The number of benzene rings is 1. The molecule has 1 N–H and O–H groups in total. The number of hydrogen-bond donors (Lipinski definition) is 1. The van der Waals surface area contributed by atoms with Crippen LogP contribution in [-0.2, 0) is 7.05 Å². The second-order valence-electron chi connectivity index (χ2n) is 4.23. The van der Waals surface area contributed by atoms with Gasteiger partial charge in [-0.05, 0) is 12.1 Å². The van der Waals surface area contributed by atoms with Crippen molar-refractivity contribution in [1.29, 1.82) is 0 Å². The van der Waals surface area contributed by atoms with Gasteiger partial charge in [-0.15, -0.1) is 5.10 Å². The van der Waals surface area contributed by atoms with Gasteiger partial charge in [0.15, 0.2) is 10.9 Å². The van der Waals surface area contributed by atoms with E-state index in [1.165, 1.54) is 16.3 Å². The van der Waals surface area contributed by atoms with E-state index in [-0.39, 0.29) is 17.2 Å². The average molecular weight is 289 g/mol. The van der Waals surface area contributed by atoms with E-state index in [1.807, 2.05) is 24.3 Å². The predicted molar refractivity (Wildman–Crippen MR) is 75.1 cm³/mol. The third-order valence-electron chi connectivity index (χ3n) is 2.87. The largest absolute Gasteiger partial charge is 0.453 e. The van der Waals surface area contributed by atoms with Crippen LogP contribution in [0.4, 0.5) is 0 Å². The molecule has 0 spiro atoms. The number of carbonyl (C=O) groups is 1. The van der Waals surface area contributed by atoms with Crippen LogP contribution in [0.1, 0.15) is 10.6 Å². The van der Waals surface area contributed by atoms with Crippen LogP contribution in [0.5, 0.6) is 0 Å². The molecule has 3 rings (SSSR count). The molecule has 0 saturated heterocycles. The van der Waals surface area contributed by atoms with Gasteiger partial charge in [0.25, 0.3) is 0 Å². The van der Waals surface area contributed by atoms with Gasteiger partial charge in [0.2, 0.25) is 5.78 Å². The summed E-state index contributed by atoms with van der Waals surface area (Å²) in [7, 11) is 1.60. The number of hydrogen-bond acceptors (Lipinski definition) is 5. The molecule has 2 heterocycles. The topological polar surface area (TPSA) is 80.9 Å². The molecule has 0 amide bonds. The van der Waals surface area contributed by atoms with Gasteiger partial charge >= 0.3 is 5.69 Å². The molecule has 0 saturated carbocycles. The number of fused-ring (bicyclic) bond motifs is 1. The molecule has 102 valence electrons. The number of furan rings is 1. The molecule has 6 nitrogen and oxygen atoms in total. The molecular weight excluding hydrogens is 278 g/mol. The summed E-state index contributed by atoms with van der Waals surface area (Å²) in [4.78, 5) is 23.3. The zero-order valence-electron chi connectivity index (χ0n) is 10.6. The lowest BCUT2D eigenvalue weighted by Crippen LogP contribution is -2.13. The average Bonchev–Trinajstić information content (AvgIpc) is 3.02. The van der Waals surface area contributed by atoms with E-state index >= 15 is 0 Å². The fourth-order valence-electron chi connectivity index (χ4n) is 1.78. The summed E-state index contributed by atoms with van der Waals surface area (Å²) in [6, 6.07) is 9.17. The number of carbonyl (C=O) groups excluding carboxylic acids is 1. The molecule has 1 aromatic carbocycles. The summed E-state index contributed by atoms with van der Waals surface area (Å²) in [6.45, 7) is 0. The number of aromatic amines is 1. The molecule has 0 radical (unpaired) electrons. The van der Waals surface area contributed by atoms with Gasteiger partial charge in [0.1, 0.15) is 5.58 Å². The van der Waals surface area contributed by atoms with Crippen molar-refractivity contribution in [2.24, 2.45) is 7.05 Å². The van der Waals surface area contributed by atoms with E-state index in [4.69, 9.17) is 4.42 Å². The monoisotopic (exact) mass is 289 g/mol. The number of para-hydroxylation sites is 1. The standard InChI is InChI=1S/C13H11N3O3S/c1-16-12(18)14-15-13(16)20-7-9(17)11-6-8-4-2-3-5-10(8)19-11/h2-6H,7H2,1H3,(H,14,18). The Morgan fingerprint density at radius 3 is 2.95 bits per heavy atom. The maximum atomic E-state index is 12.1. The summed E-state index contributed by atoms with van der Waals surface area (Å²) in [6.07, 6.45) is 0. The van der Waals surface area contributed by atoms with Crippen molar-refractivity contribution in [3.8, 4) is 0 Å². The second kappa shape index (κ2) is 5.01. The Balaban J connectivity index is 1.76. The second-order valence-corrected chi connectivity index (χ2v) is 5.17. The molecule has 20 heavy (non-hydrogen) atoms. The summed E-state index contributed by atoms with van der Waals surface area (Å²) in [5.41, 5.74) is 0.386. The molecule has 0 aliphatic carbocycles. The van der Waals surface area contributed by atoms with Crippen LogP contribution < -0.4 is 5.69 Å². The fraction of sp³-hybridized carbons (Fsp3) is 0.154. The molecule has 2 aromatic heterocycles. The first-order chi connectivity index (χ1) is 9.65. The SMILES string of the molecule is Cn1c(SCC(=O)c2cc3ccccc3o2)n[nH]c1=O. The Morgan fingerprint density at radius 1 is 1.45 bits per heavy atom. The number of Topliss-reactive ketones (excluding diaryl/α,β-unsaturated/α-hetero) is 1. The van der Waals surface area contributed by atoms with Crippen LogP contribution in [-0.4, -0.2) is 26.3 Å². The number of H-pyrrole nitrogens is 1. The number of rotatable bonds is 4. The van der Waals surface area contributed by atoms with Gasteiger partial charge in [-0.3, -0.25) is 9.36 Å².